The quantitative estimate of drug-likeness (QED) is 0.500. The van der Waals surface area contributed by atoms with Crippen molar-refractivity contribution in [2.75, 3.05) is 13.7 Å². The van der Waals surface area contributed by atoms with Crippen molar-refractivity contribution in [3.63, 3.8) is 0 Å². The van der Waals surface area contributed by atoms with Gasteiger partial charge in [0, 0.05) is 6.61 Å². The normalized spacial score (nSPS) is 22.4. The lowest BCUT2D eigenvalue weighted by molar-refractivity contribution is -0.143. The van der Waals surface area contributed by atoms with E-state index < -0.39 is 5.79 Å². The van der Waals surface area contributed by atoms with Gasteiger partial charge in [0.1, 0.15) is 11.9 Å². The van der Waals surface area contributed by atoms with E-state index in [1.165, 1.54) is 0 Å². The van der Waals surface area contributed by atoms with E-state index in [1.807, 2.05) is 44.2 Å². The molecular formula is C18H24Br2O4. The molecule has 6 heteroatoms. The first-order chi connectivity index (χ1) is 11.4. The number of halogens is 2. The molecule has 1 aromatic rings. The first-order valence-corrected chi connectivity index (χ1v) is 9.57. The number of rotatable bonds is 8. The highest BCUT2D eigenvalue weighted by Crippen LogP contribution is 2.33. The number of hydrogen-bond acceptors (Lipinski definition) is 4. The van der Waals surface area contributed by atoms with Gasteiger partial charge in [-0.3, -0.25) is 0 Å². The largest absolute Gasteiger partial charge is 0.497 e. The van der Waals surface area contributed by atoms with Crippen molar-refractivity contribution < 1.29 is 18.9 Å². The molecule has 2 rings (SSSR count). The van der Waals surface area contributed by atoms with Gasteiger partial charge in [-0.05, 0) is 82.3 Å². The molecule has 0 bridgehead atoms. The minimum absolute atomic E-state index is 0.0367. The van der Waals surface area contributed by atoms with Gasteiger partial charge in [0.05, 0.1) is 23.2 Å². The molecule has 24 heavy (non-hydrogen) atoms. The number of ether oxygens (including phenoxy) is 4. The monoisotopic (exact) mass is 462 g/mol. The lowest BCUT2D eigenvalue weighted by atomic mass is 10.1. The molecule has 1 heterocycles. The summed E-state index contributed by atoms with van der Waals surface area (Å²) in [5, 5.41) is 0. The molecule has 0 aromatic heterocycles. The number of methoxy groups -OCH3 is 1. The standard InChI is InChI=1S/C18H24Br2O4/c1-18(2)23-15(16(24-18)11-17(19)20)5-4-10-22-12-13-6-8-14(21-3)9-7-13/h6-9,11,15-16H,4-5,10,12H2,1-3H3/t15-,16-/m0/s1. The van der Waals surface area contributed by atoms with Gasteiger partial charge in [0.25, 0.3) is 0 Å². The number of benzene rings is 1. The Bertz CT molecular complexity index is 538. The zero-order chi connectivity index (χ0) is 17.6. The molecule has 1 aliphatic heterocycles. The van der Waals surface area contributed by atoms with Gasteiger partial charge >= 0.3 is 0 Å². The molecule has 1 fully saturated rings. The molecule has 1 saturated heterocycles. The van der Waals surface area contributed by atoms with Crippen molar-refractivity contribution in [3.05, 3.63) is 39.3 Å². The van der Waals surface area contributed by atoms with Crippen LogP contribution in [0.2, 0.25) is 0 Å². The Morgan fingerprint density at radius 1 is 1.21 bits per heavy atom. The van der Waals surface area contributed by atoms with Crippen molar-refractivity contribution in [2.45, 2.75) is 51.3 Å². The van der Waals surface area contributed by atoms with Crippen LogP contribution in [0.3, 0.4) is 0 Å². The zero-order valence-corrected chi connectivity index (χ0v) is 17.4. The van der Waals surface area contributed by atoms with E-state index >= 15 is 0 Å². The van der Waals surface area contributed by atoms with E-state index in [4.69, 9.17) is 18.9 Å². The van der Waals surface area contributed by atoms with Crippen LogP contribution < -0.4 is 4.74 Å². The summed E-state index contributed by atoms with van der Waals surface area (Å²) < 4.78 is 23.7. The topological polar surface area (TPSA) is 36.9 Å². The van der Waals surface area contributed by atoms with E-state index in [9.17, 15) is 0 Å². The molecule has 4 nitrogen and oxygen atoms in total. The fourth-order valence-corrected chi connectivity index (χ4v) is 3.17. The molecule has 1 aromatic carbocycles. The molecule has 0 radical (unpaired) electrons. The third-order valence-corrected chi connectivity index (χ3v) is 4.25. The molecule has 0 N–H and O–H groups in total. The van der Waals surface area contributed by atoms with Crippen LogP contribution in [0, 0.1) is 0 Å². The molecule has 0 aliphatic carbocycles. The molecule has 0 spiro atoms. The van der Waals surface area contributed by atoms with Crippen LogP contribution in [0.15, 0.2) is 33.7 Å². The maximum absolute atomic E-state index is 5.97. The Labute approximate surface area is 160 Å². The fourth-order valence-electron chi connectivity index (χ4n) is 2.65. The predicted molar refractivity (Wildman–Crippen MR) is 102 cm³/mol. The average molecular weight is 464 g/mol. The third kappa shape index (κ3) is 6.48. The molecular weight excluding hydrogens is 440 g/mol. The van der Waals surface area contributed by atoms with Crippen LogP contribution in [0.1, 0.15) is 32.3 Å². The Morgan fingerprint density at radius 2 is 1.92 bits per heavy atom. The Balaban J connectivity index is 1.71. The highest BCUT2D eigenvalue weighted by Gasteiger charge is 2.39. The van der Waals surface area contributed by atoms with Gasteiger partial charge in [0.15, 0.2) is 5.79 Å². The maximum Gasteiger partial charge on any atom is 0.164 e. The van der Waals surface area contributed by atoms with Gasteiger partial charge in [-0.1, -0.05) is 12.1 Å². The molecule has 0 amide bonds. The molecule has 1 aliphatic rings. The number of hydrogen-bond donors (Lipinski definition) is 0. The fraction of sp³-hybridized carbons (Fsp3) is 0.556. The highest BCUT2D eigenvalue weighted by molar-refractivity contribution is 9.28. The summed E-state index contributed by atoms with van der Waals surface area (Å²) in [6, 6.07) is 7.92. The van der Waals surface area contributed by atoms with Crippen LogP contribution in [0.4, 0.5) is 0 Å². The van der Waals surface area contributed by atoms with Gasteiger partial charge in [0.2, 0.25) is 0 Å². The molecule has 0 unspecified atom stereocenters. The first kappa shape index (κ1) is 19.9. The van der Waals surface area contributed by atoms with Crippen LogP contribution in [-0.2, 0) is 20.8 Å². The summed E-state index contributed by atoms with van der Waals surface area (Å²) in [6.07, 6.45) is 3.77. The van der Waals surface area contributed by atoms with Crippen molar-refractivity contribution in [1.29, 1.82) is 0 Å². The summed E-state index contributed by atoms with van der Waals surface area (Å²) in [5.74, 6) is 0.308. The van der Waals surface area contributed by atoms with Gasteiger partial charge in [-0.15, -0.1) is 0 Å². The summed E-state index contributed by atoms with van der Waals surface area (Å²) in [7, 11) is 1.66. The second-order valence-electron chi connectivity index (χ2n) is 6.14. The van der Waals surface area contributed by atoms with Crippen LogP contribution in [0.5, 0.6) is 5.75 Å². The molecule has 0 saturated carbocycles. The second kappa shape index (κ2) is 9.34. The lowest BCUT2D eigenvalue weighted by Gasteiger charge is -2.16. The smallest absolute Gasteiger partial charge is 0.164 e. The van der Waals surface area contributed by atoms with Gasteiger partial charge in [-0.25, -0.2) is 0 Å². The molecule has 2 atom stereocenters. The van der Waals surface area contributed by atoms with Crippen LogP contribution in [-0.4, -0.2) is 31.7 Å². The van der Waals surface area contributed by atoms with Crippen LogP contribution in [0.25, 0.3) is 0 Å². The molecule has 134 valence electrons. The van der Waals surface area contributed by atoms with E-state index in [-0.39, 0.29) is 12.2 Å². The first-order valence-electron chi connectivity index (χ1n) is 7.99. The zero-order valence-electron chi connectivity index (χ0n) is 14.3. The van der Waals surface area contributed by atoms with Crippen molar-refractivity contribution in [3.8, 4) is 5.75 Å². The predicted octanol–water partition coefficient (Wildman–Crippen LogP) is 5.14. The summed E-state index contributed by atoms with van der Waals surface area (Å²) in [6.45, 7) is 5.18. The van der Waals surface area contributed by atoms with Crippen molar-refractivity contribution in [1.82, 2.24) is 0 Å². The lowest BCUT2D eigenvalue weighted by Crippen LogP contribution is -2.21. The Morgan fingerprint density at radius 3 is 2.54 bits per heavy atom. The maximum atomic E-state index is 5.97. The summed E-state index contributed by atoms with van der Waals surface area (Å²) in [5.41, 5.74) is 1.14. The minimum atomic E-state index is -0.550. The minimum Gasteiger partial charge on any atom is -0.497 e. The van der Waals surface area contributed by atoms with E-state index in [1.54, 1.807) is 7.11 Å². The van der Waals surface area contributed by atoms with E-state index in [0.717, 1.165) is 27.5 Å². The highest BCUT2D eigenvalue weighted by atomic mass is 79.9. The second-order valence-corrected chi connectivity index (χ2v) is 8.91. The third-order valence-electron chi connectivity index (χ3n) is 3.72. The summed E-state index contributed by atoms with van der Waals surface area (Å²) in [4.78, 5) is 0. The van der Waals surface area contributed by atoms with E-state index in [0.29, 0.717) is 13.2 Å². The van der Waals surface area contributed by atoms with Gasteiger partial charge in [-0.2, -0.15) is 0 Å². The van der Waals surface area contributed by atoms with Crippen LogP contribution >= 0.6 is 31.9 Å². The Kier molecular flexibility index (Phi) is 7.75. The van der Waals surface area contributed by atoms with Gasteiger partial charge < -0.3 is 18.9 Å². The SMILES string of the molecule is COc1ccc(COCCC[C@@H]2OC(C)(C)O[C@H]2C=C(Br)Br)cc1. The average Bonchev–Trinajstić information content (AvgIpc) is 2.80. The summed E-state index contributed by atoms with van der Waals surface area (Å²) >= 11 is 6.77. The van der Waals surface area contributed by atoms with Crippen molar-refractivity contribution >= 4 is 31.9 Å². The van der Waals surface area contributed by atoms with Crippen molar-refractivity contribution in [2.24, 2.45) is 0 Å². The Hall–Kier alpha value is -0.400. The van der Waals surface area contributed by atoms with E-state index in [2.05, 4.69) is 31.9 Å².